The van der Waals surface area contributed by atoms with Crippen molar-refractivity contribution in [3.05, 3.63) is 0 Å². The summed E-state index contributed by atoms with van der Waals surface area (Å²) in [5.74, 6) is 1.23. The molecular weight excluding hydrogens is 236 g/mol. The molecule has 0 amide bonds. The first-order valence-electron chi connectivity index (χ1n) is 7.97. The molecule has 1 rings (SSSR count). The minimum Gasteiger partial charge on any atom is -0.396 e. The smallest absolute Gasteiger partial charge is 0.120 e. The molecule has 0 aliphatic heterocycles. The molecule has 2 unspecified atom stereocenters. The van der Waals surface area contributed by atoms with Gasteiger partial charge in [-0.15, -0.1) is 0 Å². The fraction of sp³-hybridized carbons (Fsp3) is 0.938. The Balaban J connectivity index is 2.35. The van der Waals surface area contributed by atoms with Crippen molar-refractivity contribution in [2.24, 2.45) is 17.0 Å². The maximum atomic E-state index is 5.61. The van der Waals surface area contributed by atoms with Gasteiger partial charge < -0.3 is 9.74 Å². The van der Waals surface area contributed by atoms with Crippen LogP contribution in [0.5, 0.6) is 0 Å². The van der Waals surface area contributed by atoms with Crippen molar-refractivity contribution in [3.63, 3.8) is 0 Å². The first-order chi connectivity index (χ1) is 9.13. The zero-order valence-electron chi connectivity index (χ0n) is 13.3. The van der Waals surface area contributed by atoms with Gasteiger partial charge in [-0.25, -0.2) is 0 Å². The molecule has 0 aromatic carbocycles. The average Bonchev–Trinajstić information content (AvgIpc) is 2.36. The predicted molar refractivity (Wildman–Crippen MR) is 82.6 cm³/mol. The molecule has 1 aliphatic rings. The Hall–Kier alpha value is -0.570. The van der Waals surface area contributed by atoms with Crippen LogP contribution < -0.4 is 0 Å². The van der Waals surface area contributed by atoms with Gasteiger partial charge in [0.25, 0.3) is 0 Å². The highest BCUT2D eigenvalue weighted by Gasteiger charge is 2.20. The van der Waals surface area contributed by atoms with Crippen LogP contribution in [0.4, 0.5) is 0 Å². The van der Waals surface area contributed by atoms with Gasteiger partial charge in [-0.05, 0) is 39.8 Å². The van der Waals surface area contributed by atoms with E-state index in [0.29, 0.717) is 11.8 Å². The topological polar surface area (TPSA) is 24.8 Å². The van der Waals surface area contributed by atoms with Gasteiger partial charge in [-0.2, -0.15) is 0 Å². The summed E-state index contributed by atoms with van der Waals surface area (Å²) in [6.07, 6.45) is 9.02. The lowest BCUT2D eigenvalue weighted by atomic mass is 9.84. The zero-order chi connectivity index (χ0) is 14.1. The Labute approximate surface area is 119 Å². The van der Waals surface area contributed by atoms with Crippen LogP contribution in [0.3, 0.4) is 0 Å². The number of hydrogen-bond acceptors (Lipinski definition) is 3. The molecule has 0 heterocycles. The Morgan fingerprint density at radius 1 is 1.37 bits per heavy atom. The Morgan fingerprint density at radius 3 is 2.84 bits per heavy atom. The van der Waals surface area contributed by atoms with Gasteiger partial charge in [-0.3, -0.25) is 0 Å². The predicted octanol–water partition coefficient (Wildman–Crippen LogP) is 3.94. The number of hydrogen-bond donors (Lipinski definition) is 0. The molecule has 0 radical (unpaired) electrons. The van der Waals surface area contributed by atoms with E-state index in [1.807, 2.05) is 0 Å². The number of unbranched alkanes of at least 4 members (excludes halogenated alkanes) is 1. The van der Waals surface area contributed by atoms with Gasteiger partial charge >= 0.3 is 0 Å². The van der Waals surface area contributed by atoms with Crippen LogP contribution in [0, 0.1) is 11.8 Å². The van der Waals surface area contributed by atoms with Gasteiger partial charge in [0.2, 0.25) is 0 Å². The highest BCUT2D eigenvalue weighted by Crippen LogP contribution is 2.26. The summed E-state index contributed by atoms with van der Waals surface area (Å²) in [4.78, 5) is 7.81. The molecule has 0 bridgehead atoms. The first-order valence-corrected chi connectivity index (χ1v) is 7.97. The normalized spacial score (nSPS) is 23.8. The van der Waals surface area contributed by atoms with Crippen molar-refractivity contribution in [2.45, 2.75) is 58.8 Å². The fourth-order valence-corrected chi connectivity index (χ4v) is 2.87. The van der Waals surface area contributed by atoms with E-state index >= 15 is 0 Å². The SMILES string of the molecule is CCCCC1CCCCC1=NOCC(C)CN(C)C. The molecule has 112 valence electrons. The Kier molecular flexibility index (Phi) is 8.11. The monoisotopic (exact) mass is 268 g/mol. The number of nitrogens with zero attached hydrogens (tertiary/aromatic N) is 2. The summed E-state index contributed by atoms with van der Waals surface area (Å²) in [5, 5.41) is 4.46. The molecule has 0 aromatic heterocycles. The van der Waals surface area contributed by atoms with Gasteiger partial charge in [0.1, 0.15) is 6.61 Å². The molecule has 2 atom stereocenters. The standard InChI is InChI=1S/C16H32N2O/c1-5-6-9-15-10-7-8-11-16(15)17-19-13-14(2)12-18(3)4/h14-15H,5-13H2,1-4H3. The van der Waals surface area contributed by atoms with Crippen LogP contribution in [0.15, 0.2) is 5.16 Å². The van der Waals surface area contributed by atoms with Gasteiger partial charge in [0.05, 0.1) is 5.71 Å². The zero-order valence-corrected chi connectivity index (χ0v) is 13.3. The van der Waals surface area contributed by atoms with Crippen LogP contribution in [-0.2, 0) is 4.84 Å². The van der Waals surface area contributed by atoms with E-state index < -0.39 is 0 Å². The molecule has 19 heavy (non-hydrogen) atoms. The molecule has 1 aliphatic carbocycles. The highest BCUT2D eigenvalue weighted by atomic mass is 16.6. The van der Waals surface area contributed by atoms with E-state index in [9.17, 15) is 0 Å². The second-order valence-corrected chi connectivity index (χ2v) is 6.33. The molecular formula is C16H32N2O. The lowest BCUT2D eigenvalue weighted by molar-refractivity contribution is 0.0993. The first kappa shape index (κ1) is 16.5. The summed E-state index contributed by atoms with van der Waals surface area (Å²) in [6, 6.07) is 0. The second kappa shape index (κ2) is 9.35. The van der Waals surface area contributed by atoms with Crippen molar-refractivity contribution in [3.8, 4) is 0 Å². The third-order valence-electron chi connectivity index (χ3n) is 3.83. The third-order valence-corrected chi connectivity index (χ3v) is 3.83. The number of rotatable bonds is 8. The van der Waals surface area contributed by atoms with E-state index in [-0.39, 0.29) is 0 Å². The Morgan fingerprint density at radius 2 is 2.16 bits per heavy atom. The molecule has 3 nitrogen and oxygen atoms in total. The van der Waals surface area contributed by atoms with Crippen LogP contribution in [0.25, 0.3) is 0 Å². The molecule has 0 spiro atoms. The maximum absolute atomic E-state index is 5.61. The quantitative estimate of drug-likeness (QED) is 0.623. The van der Waals surface area contributed by atoms with Crippen LogP contribution in [-0.4, -0.2) is 37.9 Å². The van der Waals surface area contributed by atoms with Crippen LogP contribution >= 0.6 is 0 Å². The van der Waals surface area contributed by atoms with Crippen LogP contribution in [0.1, 0.15) is 58.8 Å². The lowest BCUT2D eigenvalue weighted by Crippen LogP contribution is -2.23. The summed E-state index contributed by atoms with van der Waals surface area (Å²) >= 11 is 0. The van der Waals surface area contributed by atoms with Crippen LogP contribution in [0.2, 0.25) is 0 Å². The molecule has 1 fully saturated rings. The Bertz CT molecular complexity index is 263. The van der Waals surface area contributed by atoms with E-state index in [1.54, 1.807) is 0 Å². The highest BCUT2D eigenvalue weighted by molar-refractivity contribution is 5.86. The molecule has 1 saturated carbocycles. The summed E-state index contributed by atoms with van der Waals surface area (Å²) in [6.45, 7) is 6.28. The molecule has 0 aromatic rings. The lowest BCUT2D eigenvalue weighted by Gasteiger charge is -2.23. The third kappa shape index (κ3) is 6.95. The summed E-state index contributed by atoms with van der Waals surface area (Å²) in [7, 11) is 4.20. The van der Waals surface area contributed by atoms with Crippen molar-refractivity contribution < 1.29 is 4.84 Å². The molecule has 0 N–H and O–H groups in total. The largest absolute Gasteiger partial charge is 0.396 e. The van der Waals surface area contributed by atoms with E-state index in [0.717, 1.165) is 19.6 Å². The second-order valence-electron chi connectivity index (χ2n) is 6.33. The van der Waals surface area contributed by atoms with Gasteiger partial charge in [0, 0.05) is 18.4 Å². The van der Waals surface area contributed by atoms with Crippen molar-refractivity contribution >= 4 is 5.71 Å². The van der Waals surface area contributed by atoms with E-state index in [4.69, 9.17) is 4.84 Å². The summed E-state index contributed by atoms with van der Waals surface area (Å²) < 4.78 is 0. The van der Waals surface area contributed by atoms with Gasteiger partial charge in [-0.1, -0.05) is 38.3 Å². The molecule has 0 saturated heterocycles. The van der Waals surface area contributed by atoms with Gasteiger partial charge in [0.15, 0.2) is 0 Å². The minimum absolute atomic E-state index is 0.539. The average molecular weight is 268 g/mol. The van der Waals surface area contributed by atoms with Crippen molar-refractivity contribution in [1.29, 1.82) is 0 Å². The van der Waals surface area contributed by atoms with Crippen molar-refractivity contribution in [2.75, 3.05) is 27.2 Å². The molecule has 3 heteroatoms. The number of oxime groups is 1. The fourth-order valence-electron chi connectivity index (χ4n) is 2.87. The maximum Gasteiger partial charge on any atom is 0.120 e. The van der Waals surface area contributed by atoms with E-state index in [2.05, 4.69) is 38.0 Å². The minimum atomic E-state index is 0.539. The summed E-state index contributed by atoms with van der Waals surface area (Å²) in [5.41, 5.74) is 1.33. The van der Waals surface area contributed by atoms with E-state index in [1.165, 1.54) is 44.2 Å². The van der Waals surface area contributed by atoms with Crippen molar-refractivity contribution in [1.82, 2.24) is 4.90 Å².